The van der Waals surface area contributed by atoms with Gasteiger partial charge < -0.3 is 9.84 Å². The lowest BCUT2D eigenvalue weighted by atomic mass is 10.4. The summed E-state index contributed by atoms with van der Waals surface area (Å²) >= 11 is 0. The molecule has 0 atom stereocenters. The number of carboxylic acid groups (broad SMARTS) is 1. The van der Waals surface area contributed by atoms with Gasteiger partial charge in [-0.3, -0.25) is 4.98 Å². The number of hydrogen-bond acceptors (Lipinski definition) is 3. The van der Waals surface area contributed by atoms with Crippen LogP contribution in [0.1, 0.15) is 0 Å². The van der Waals surface area contributed by atoms with E-state index in [-0.39, 0.29) is 6.73 Å². The van der Waals surface area contributed by atoms with Gasteiger partial charge in [0, 0.05) is 12.3 Å². The molecule has 1 aliphatic heterocycles. The van der Waals surface area contributed by atoms with Crippen molar-refractivity contribution in [1.29, 1.82) is 0 Å². The Morgan fingerprint density at radius 1 is 1.75 bits per heavy atom. The minimum Gasteiger partial charge on any atom is -0.470 e. The van der Waals surface area contributed by atoms with E-state index in [1.165, 1.54) is 6.20 Å². The zero-order valence-electron chi connectivity index (χ0n) is 6.10. The Kier molecular flexibility index (Phi) is 1.36. The van der Waals surface area contributed by atoms with Crippen LogP contribution in [0, 0.1) is 0 Å². The van der Waals surface area contributed by atoms with Crippen molar-refractivity contribution in [3.63, 3.8) is 0 Å². The van der Waals surface area contributed by atoms with Crippen molar-refractivity contribution in [1.82, 2.24) is 4.98 Å². The lowest BCUT2D eigenvalue weighted by Gasteiger charge is -2.07. The highest BCUT2D eigenvalue weighted by molar-refractivity contribution is 5.88. The van der Waals surface area contributed by atoms with Gasteiger partial charge in [-0.1, -0.05) is 0 Å². The molecule has 1 aromatic rings. The average molecular weight is 166 g/mol. The summed E-state index contributed by atoms with van der Waals surface area (Å²) in [6, 6.07) is 1.64. The zero-order valence-corrected chi connectivity index (χ0v) is 6.10. The number of anilines is 1. The van der Waals surface area contributed by atoms with Crippen LogP contribution in [0.15, 0.2) is 18.5 Å². The highest BCUT2D eigenvalue weighted by atomic mass is 16.5. The average Bonchev–Trinajstić information content (AvgIpc) is 2.47. The smallest absolute Gasteiger partial charge is 0.414 e. The van der Waals surface area contributed by atoms with Crippen LogP contribution < -0.4 is 9.64 Å². The molecule has 0 saturated heterocycles. The Bertz CT molecular complexity index is 326. The monoisotopic (exact) mass is 166 g/mol. The van der Waals surface area contributed by atoms with Gasteiger partial charge in [0.25, 0.3) is 0 Å². The zero-order chi connectivity index (χ0) is 8.55. The SMILES string of the molecule is O=C(O)N1COc2ccncc21. The molecule has 0 fully saturated rings. The summed E-state index contributed by atoms with van der Waals surface area (Å²) < 4.78 is 5.08. The molecule has 0 aromatic carbocycles. The molecule has 62 valence electrons. The molecule has 0 radical (unpaired) electrons. The van der Waals surface area contributed by atoms with E-state index in [0.717, 1.165) is 4.90 Å². The van der Waals surface area contributed by atoms with Crippen molar-refractivity contribution in [2.45, 2.75) is 0 Å². The highest BCUT2D eigenvalue weighted by Gasteiger charge is 2.25. The van der Waals surface area contributed by atoms with E-state index in [4.69, 9.17) is 9.84 Å². The van der Waals surface area contributed by atoms with E-state index in [0.29, 0.717) is 11.4 Å². The molecule has 1 aromatic heterocycles. The van der Waals surface area contributed by atoms with Gasteiger partial charge in [0.05, 0.1) is 6.20 Å². The molecule has 0 aliphatic carbocycles. The number of rotatable bonds is 0. The first-order valence-electron chi connectivity index (χ1n) is 3.36. The lowest BCUT2D eigenvalue weighted by molar-refractivity contribution is 0.197. The van der Waals surface area contributed by atoms with Crippen molar-refractivity contribution < 1.29 is 14.6 Å². The quantitative estimate of drug-likeness (QED) is 0.622. The van der Waals surface area contributed by atoms with Crippen molar-refractivity contribution in [3.8, 4) is 5.75 Å². The van der Waals surface area contributed by atoms with Crippen molar-refractivity contribution in [3.05, 3.63) is 18.5 Å². The Balaban J connectivity index is 2.42. The highest BCUT2D eigenvalue weighted by Crippen LogP contribution is 2.31. The molecule has 5 nitrogen and oxygen atoms in total. The molecule has 5 heteroatoms. The Hall–Kier alpha value is -1.78. The topological polar surface area (TPSA) is 62.7 Å². The number of nitrogens with zero attached hydrogens (tertiary/aromatic N) is 2. The van der Waals surface area contributed by atoms with Gasteiger partial charge in [-0.25, -0.2) is 9.69 Å². The number of carbonyl (C=O) groups is 1. The number of hydrogen-bond donors (Lipinski definition) is 1. The van der Waals surface area contributed by atoms with Crippen LogP contribution in [0.5, 0.6) is 5.75 Å². The second-order valence-electron chi connectivity index (χ2n) is 2.33. The predicted octanol–water partition coefficient (Wildman–Crippen LogP) is 0.916. The van der Waals surface area contributed by atoms with Gasteiger partial charge in [-0.15, -0.1) is 0 Å². The molecule has 0 saturated carbocycles. The maximum absolute atomic E-state index is 10.6. The van der Waals surface area contributed by atoms with Crippen LogP contribution in [0.4, 0.5) is 10.5 Å². The molecule has 0 bridgehead atoms. The van der Waals surface area contributed by atoms with E-state index in [2.05, 4.69) is 4.98 Å². The molecular weight excluding hydrogens is 160 g/mol. The number of fused-ring (bicyclic) bond motifs is 1. The summed E-state index contributed by atoms with van der Waals surface area (Å²) in [5.41, 5.74) is 0.505. The second kappa shape index (κ2) is 2.37. The third-order valence-corrected chi connectivity index (χ3v) is 1.63. The van der Waals surface area contributed by atoms with Gasteiger partial charge in [-0.2, -0.15) is 0 Å². The van der Waals surface area contributed by atoms with Gasteiger partial charge in [-0.05, 0) is 0 Å². The summed E-state index contributed by atoms with van der Waals surface area (Å²) in [7, 11) is 0. The van der Waals surface area contributed by atoms with Gasteiger partial charge >= 0.3 is 6.09 Å². The van der Waals surface area contributed by atoms with Crippen LogP contribution in [-0.4, -0.2) is 22.9 Å². The maximum atomic E-state index is 10.6. The fourth-order valence-electron chi connectivity index (χ4n) is 1.06. The fraction of sp³-hybridized carbons (Fsp3) is 0.143. The van der Waals surface area contributed by atoms with E-state index >= 15 is 0 Å². The Labute approximate surface area is 68.2 Å². The van der Waals surface area contributed by atoms with Crippen molar-refractivity contribution in [2.75, 3.05) is 11.6 Å². The van der Waals surface area contributed by atoms with Crippen LogP contribution >= 0.6 is 0 Å². The van der Waals surface area contributed by atoms with E-state index in [1.807, 2.05) is 0 Å². The molecule has 2 heterocycles. The maximum Gasteiger partial charge on any atom is 0.414 e. The van der Waals surface area contributed by atoms with Crippen molar-refractivity contribution in [2.24, 2.45) is 0 Å². The Morgan fingerprint density at radius 3 is 3.33 bits per heavy atom. The molecule has 1 amide bonds. The first-order valence-corrected chi connectivity index (χ1v) is 3.36. The fourth-order valence-corrected chi connectivity index (χ4v) is 1.06. The first-order chi connectivity index (χ1) is 5.79. The van der Waals surface area contributed by atoms with Crippen LogP contribution in [0.3, 0.4) is 0 Å². The van der Waals surface area contributed by atoms with Gasteiger partial charge in [0.1, 0.15) is 11.4 Å². The summed E-state index contributed by atoms with van der Waals surface area (Å²) in [4.78, 5) is 15.5. The first kappa shape index (κ1) is 6.90. The third-order valence-electron chi connectivity index (χ3n) is 1.63. The number of pyridine rings is 1. The van der Waals surface area contributed by atoms with Crippen LogP contribution in [0.25, 0.3) is 0 Å². The second-order valence-corrected chi connectivity index (χ2v) is 2.33. The van der Waals surface area contributed by atoms with Gasteiger partial charge in [0.2, 0.25) is 0 Å². The summed E-state index contributed by atoms with van der Waals surface area (Å²) in [6.45, 7) is 0.0519. The predicted molar refractivity (Wildman–Crippen MR) is 40.2 cm³/mol. The van der Waals surface area contributed by atoms with Crippen LogP contribution in [0.2, 0.25) is 0 Å². The lowest BCUT2D eigenvalue weighted by Crippen LogP contribution is -2.27. The van der Waals surface area contributed by atoms with Crippen molar-refractivity contribution >= 4 is 11.8 Å². The summed E-state index contributed by atoms with van der Waals surface area (Å²) in [6.07, 6.45) is 2.00. The largest absolute Gasteiger partial charge is 0.470 e. The molecule has 1 aliphatic rings. The third kappa shape index (κ3) is 0.868. The molecule has 12 heavy (non-hydrogen) atoms. The minimum atomic E-state index is -1.03. The molecule has 0 spiro atoms. The van der Waals surface area contributed by atoms with Gasteiger partial charge in [0.15, 0.2) is 6.73 Å². The van der Waals surface area contributed by atoms with E-state index in [1.54, 1.807) is 12.3 Å². The minimum absolute atomic E-state index is 0.0519. The molecular formula is C7H6N2O3. The van der Waals surface area contributed by atoms with Crippen LogP contribution in [-0.2, 0) is 0 Å². The molecule has 0 unspecified atom stereocenters. The summed E-state index contributed by atoms with van der Waals surface area (Å²) in [5, 5.41) is 8.68. The molecule has 2 rings (SSSR count). The number of aromatic nitrogens is 1. The van der Waals surface area contributed by atoms with E-state index < -0.39 is 6.09 Å². The Morgan fingerprint density at radius 2 is 2.58 bits per heavy atom. The van der Waals surface area contributed by atoms with E-state index in [9.17, 15) is 4.79 Å². The summed E-state index contributed by atoms with van der Waals surface area (Å²) in [5.74, 6) is 0.562. The number of amides is 1. The molecule has 1 N–H and O–H groups in total. The normalized spacial score (nSPS) is 13.8. The standard InChI is InChI=1S/C7H6N2O3/c10-7(11)9-4-12-6-1-2-8-3-5(6)9/h1-3H,4H2,(H,10,11). The number of ether oxygens (including phenoxy) is 1.